The molecule has 0 spiro atoms. The second-order valence-electron chi connectivity index (χ2n) is 25.7. The number of aromatic hydroxyl groups is 3. The fourth-order valence-electron chi connectivity index (χ4n) is 12.5. The van der Waals surface area contributed by atoms with Crippen LogP contribution in [-0.4, -0.2) is 191 Å². The SMILES string of the molecule is CN[C@H](CC(C)C)C(=O)N[C@H]1C(=O)N[C@@H](CC(N)=O)C(=O)N[C@H]2C(=O)N[C@H]3C(=O)N[C@H](C(=O)N[C@H](C(=O)O)c4cc(O)cc(O)c4-c4cc3ccc4O)[C@H](O)c3ccc(c(Cl)c3)Oc3cc2cc(c3OC2O[C@H](CO)[C@@H](O)[C@H](O)[C@H]2O[C@H]2C[C@](C)(N)[C@H](O)[C@H](C)O2)Oc2ccc(cc2Cl)[C@H]1O. The van der Waals surface area contributed by atoms with E-state index in [1.807, 2.05) is 13.8 Å². The standard InChI is InChI=1S/C66H75Cl2N9O24/c1-23(2)12-34(71-5)58(88)76-49-51(83)26-7-10-38(32(67)14-26)97-40-16-28-17-41(55(40)101-65-56(54(86)53(85)42(22-78)99-65)100-44-21-66(4,70)57(87)24(3)96-44)98-39-11-8-27(15-33(39)68)52(84)50-63(93)75-48(64(94)95)31-18-29(79)19-37(81)45(31)30-13-25(6-9-36(30)80)46(60(90)77-50)74-61(91)47(28)73-59(89)35(20-43(69)82)72-62(49)92/h6-11,13-19,23-24,34-35,42,44,46-54,56-57,65,71,78-81,83-87H,12,20-22,70H2,1-5H3,(H2,69,82)(H,72,92)(H,73,89)(H,74,91)(H,75,93)(H,76,88)(H,77,90)(H,94,95)/t24-,34+,35-,42+,44-,46+,47+,48-,49+,50-,51+,52+,53+,54-,56+,57+,65?,66-/m0/s1. The lowest BCUT2D eigenvalue weighted by atomic mass is 9.86. The quantitative estimate of drug-likeness (QED) is 0.0743. The van der Waals surface area contributed by atoms with Crippen molar-refractivity contribution in [2.75, 3.05) is 13.7 Å². The Labute approximate surface area is 584 Å². The summed E-state index contributed by atoms with van der Waals surface area (Å²) in [6.45, 7) is 5.66. The van der Waals surface area contributed by atoms with Crippen LogP contribution < -0.4 is 62.9 Å². The Morgan fingerprint density at radius 3 is 1.90 bits per heavy atom. The summed E-state index contributed by atoms with van der Waals surface area (Å²) < 4.78 is 38.3. The van der Waals surface area contributed by atoms with Gasteiger partial charge in [0.15, 0.2) is 29.9 Å². The van der Waals surface area contributed by atoms with Crippen LogP contribution in [0.2, 0.25) is 10.0 Å². The molecule has 2 fully saturated rings. The molecule has 0 aromatic heterocycles. The predicted octanol–water partition coefficient (Wildman–Crippen LogP) is 0.106. The van der Waals surface area contributed by atoms with Crippen LogP contribution in [0.25, 0.3) is 11.1 Å². The maximum atomic E-state index is 16.0. The number of amides is 7. The van der Waals surface area contributed by atoms with Crippen LogP contribution in [-0.2, 0) is 52.6 Å². The molecule has 542 valence electrons. The maximum absolute atomic E-state index is 16.0. The van der Waals surface area contributed by atoms with E-state index in [0.717, 1.165) is 66.7 Å². The number of carbonyl (C=O) groups excluding carboxylic acids is 7. The summed E-state index contributed by atoms with van der Waals surface area (Å²) in [5.74, 6) is -16.0. The Morgan fingerprint density at radius 2 is 1.32 bits per heavy atom. The molecule has 1 unspecified atom stereocenters. The van der Waals surface area contributed by atoms with Crippen molar-refractivity contribution in [1.29, 1.82) is 0 Å². The van der Waals surface area contributed by atoms with Gasteiger partial charge in [0.25, 0.3) is 0 Å². The maximum Gasteiger partial charge on any atom is 0.330 e. The molecular weight excluding hydrogens is 1370 g/mol. The molecule has 7 aliphatic rings. The zero-order valence-electron chi connectivity index (χ0n) is 54.3. The number of likely N-dealkylation sites (N-methyl/N-ethyl adjacent to an activating group) is 1. The molecule has 18 atom stereocenters. The van der Waals surface area contributed by atoms with Crippen molar-refractivity contribution in [2.45, 2.75) is 156 Å². The van der Waals surface area contributed by atoms with Crippen LogP contribution >= 0.6 is 23.2 Å². The molecule has 5 aromatic carbocycles. The van der Waals surface area contributed by atoms with Crippen molar-refractivity contribution in [2.24, 2.45) is 17.4 Å². The molecule has 0 radical (unpaired) electrons. The molecule has 35 heteroatoms. The van der Waals surface area contributed by atoms with E-state index in [2.05, 4.69) is 37.2 Å². The summed E-state index contributed by atoms with van der Waals surface area (Å²) in [7, 11) is 1.47. The Balaban J connectivity index is 1.24. The predicted molar refractivity (Wildman–Crippen MR) is 349 cm³/mol. The highest BCUT2D eigenvalue weighted by Gasteiger charge is 2.51. The Morgan fingerprint density at radius 1 is 0.713 bits per heavy atom. The third-order valence-electron chi connectivity index (χ3n) is 17.8. The van der Waals surface area contributed by atoms with E-state index in [1.54, 1.807) is 0 Å². The zero-order chi connectivity index (χ0) is 73.5. The number of nitrogens with two attached hydrogens (primary N) is 2. The highest BCUT2D eigenvalue weighted by molar-refractivity contribution is 6.32. The van der Waals surface area contributed by atoms with E-state index in [0.29, 0.717) is 0 Å². The number of primary amides is 1. The summed E-state index contributed by atoms with van der Waals surface area (Å²) >= 11 is 14.1. The molecule has 0 aliphatic carbocycles. The van der Waals surface area contributed by atoms with E-state index in [-0.39, 0.29) is 46.2 Å². The Hall–Kier alpha value is -9.20. The van der Waals surface area contributed by atoms with Crippen molar-refractivity contribution in [3.63, 3.8) is 0 Å². The number of nitrogens with one attached hydrogen (secondary N) is 7. The molecule has 7 heterocycles. The van der Waals surface area contributed by atoms with Crippen molar-refractivity contribution < 1.29 is 118 Å². The highest BCUT2D eigenvalue weighted by Crippen LogP contribution is 2.50. The number of carbonyl (C=O) groups is 8. The van der Waals surface area contributed by atoms with E-state index < -0.39 is 237 Å². The second-order valence-corrected chi connectivity index (χ2v) is 26.5. The monoisotopic (exact) mass is 1450 g/mol. The summed E-state index contributed by atoms with van der Waals surface area (Å²) in [5.41, 5.74) is 8.00. The van der Waals surface area contributed by atoms with Crippen molar-refractivity contribution in [3.8, 4) is 57.1 Å². The van der Waals surface area contributed by atoms with Gasteiger partial charge in [0, 0.05) is 34.7 Å². The number of aliphatic hydroxyl groups is 6. The molecule has 5 aromatic rings. The molecule has 33 nitrogen and oxygen atoms in total. The first kappa shape index (κ1) is 74.5. The van der Waals surface area contributed by atoms with Gasteiger partial charge >= 0.3 is 5.97 Å². The number of phenolic OH excluding ortho intramolecular Hbond substituents is 3. The number of halogens is 2. The van der Waals surface area contributed by atoms with E-state index in [4.69, 9.17) is 63.1 Å². The average Bonchev–Trinajstić information content (AvgIpc) is 0.775. The number of rotatable bonds is 13. The van der Waals surface area contributed by atoms with Crippen LogP contribution in [0.15, 0.2) is 78.9 Å². The first-order valence-electron chi connectivity index (χ1n) is 31.6. The molecule has 12 rings (SSSR count). The van der Waals surface area contributed by atoms with Gasteiger partial charge in [0.1, 0.15) is 89.5 Å². The molecule has 11 bridgehead atoms. The molecule has 2 saturated heterocycles. The van der Waals surface area contributed by atoms with Gasteiger partial charge in [-0.3, -0.25) is 33.6 Å². The summed E-state index contributed by atoms with van der Waals surface area (Å²) in [5, 5.41) is 131. The number of benzene rings is 5. The minimum Gasteiger partial charge on any atom is -0.508 e. The van der Waals surface area contributed by atoms with Crippen LogP contribution in [0, 0.1) is 5.92 Å². The number of ether oxygens (including phenoxy) is 6. The third kappa shape index (κ3) is 15.8. The topological polar surface area (TPSA) is 530 Å². The summed E-state index contributed by atoms with van der Waals surface area (Å²) in [6, 6.07) is -0.679. The summed E-state index contributed by atoms with van der Waals surface area (Å²) in [6.07, 6.45) is -18.6. The highest BCUT2D eigenvalue weighted by atomic mass is 35.5. The number of carboxylic acids is 1. The van der Waals surface area contributed by atoms with E-state index >= 15 is 14.4 Å². The average molecular weight is 1450 g/mol. The number of phenols is 3. The van der Waals surface area contributed by atoms with Gasteiger partial charge in [-0.15, -0.1) is 0 Å². The fraction of sp³-hybridized carbons (Fsp3) is 0.424. The van der Waals surface area contributed by atoms with Gasteiger partial charge in [0.2, 0.25) is 53.4 Å². The van der Waals surface area contributed by atoms with Crippen LogP contribution in [0.1, 0.15) is 105 Å². The lowest BCUT2D eigenvalue weighted by molar-refractivity contribution is -0.333. The van der Waals surface area contributed by atoms with Crippen molar-refractivity contribution >= 4 is 70.5 Å². The number of fused-ring (bicyclic) bond motifs is 15. The fourth-order valence-corrected chi connectivity index (χ4v) is 12.9. The largest absolute Gasteiger partial charge is 0.508 e. The van der Waals surface area contributed by atoms with Gasteiger partial charge in [-0.25, -0.2) is 4.79 Å². The van der Waals surface area contributed by atoms with Crippen molar-refractivity contribution in [1.82, 2.24) is 37.2 Å². The Bertz CT molecular complexity index is 4070. The lowest BCUT2D eigenvalue weighted by Gasteiger charge is -2.47. The normalized spacial score (nSPS) is 29.4. The van der Waals surface area contributed by atoms with Crippen LogP contribution in [0.4, 0.5) is 0 Å². The van der Waals surface area contributed by atoms with E-state index in [9.17, 15) is 75.0 Å². The zero-order valence-corrected chi connectivity index (χ0v) is 55.8. The minimum absolute atomic E-state index is 0.0975. The molecule has 101 heavy (non-hydrogen) atoms. The number of hydrogen-bond donors (Lipinski definition) is 19. The molecule has 7 amide bonds. The number of aliphatic carboxylic acids is 1. The smallest absolute Gasteiger partial charge is 0.330 e. The molecular formula is C66H75Cl2N9O24. The van der Waals surface area contributed by atoms with Crippen LogP contribution in [0.3, 0.4) is 0 Å². The number of hydrogen-bond acceptors (Lipinski definition) is 25. The minimum atomic E-state index is -2.35. The first-order valence-corrected chi connectivity index (χ1v) is 32.4. The van der Waals surface area contributed by atoms with Gasteiger partial charge in [-0.1, -0.05) is 55.2 Å². The third-order valence-corrected chi connectivity index (χ3v) is 18.4. The summed E-state index contributed by atoms with van der Waals surface area (Å²) in [4.78, 5) is 117. The van der Waals surface area contributed by atoms with Gasteiger partial charge < -0.3 is 128 Å². The van der Waals surface area contributed by atoms with Gasteiger partial charge in [-0.05, 0) is 110 Å². The number of carboxylic acid groups (broad SMARTS) is 1. The van der Waals surface area contributed by atoms with Crippen molar-refractivity contribution in [3.05, 3.63) is 117 Å². The van der Waals surface area contributed by atoms with Crippen LogP contribution in [0.5, 0.6) is 46.0 Å². The Kier molecular flexibility index (Phi) is 22.2. The lowest BCUT2D eigenvalue weighted by Crippen LogP contribution is -2.64. The molecule has 7 aliphatic heterocycles. The van der Waals surface area contributed by atoms with Gasteiger partial charge in [0.05, 0.1) is 41.3 Å². The molecule has 21 N–H and O–H groups in total. The number of aliphatic hydroxyl groups excluding tert-OH is 6. The van der Waals surface area contributed by atoms with E-state index in [1.165, 1.54) is 33.0 Å². The first-order chi connectivity index (χ1) is 47.7. The second kappa shape index (κ2) is 30.2. The molecule has 0 saturated carbocycles. The van der Waals surface area contributed by atoms with Gasteiger partial charge in [-0.2, -0.15) is 0 Å².